The van der Waals surface area contributed by atoms with Crippen molar-refractivity contribution >= 4 is 72.1 Å². The smallest absolute Gasteiger partial charge is 0.175 e. The first-order valence-corrected chi connectivity index (χ1v) is 8.44. The number of Topliss-reactive ketones (excluding diaryl/α,β-unsaturated/α-hetero) is 1. The van der Waals surface area contributed by atoms with Crippen LogP contribution in [0.2, 0.25) is 0 Å². The number of hydrogen-bond donors (Lipinski definition) is 0. The fourth-order valence-corrected chi connectivity index (χ4v) is 5.39. The molecule has 2 aromatic rings. The maximum atomic E-state index is 11.9. The van der Waals surface area contributed by atoms with Gasteiger partial charge in [0, 0.05) is 17.1 Å². The van der Waals surface area contributed by atoms with Gasteiger partial charge < -0.3 is 0 Å². The van der Waals surface area contributed by atoms with Crippen LogP contribution in [0.15, 0.2) is 29.6 Å². The Balaban J connectivity index is 2.01. The van der Waals surface area contributed by atoms with Crippen LogP contribution in [0.5, 0.6) is 0 Å². The standard InChI is InChI=1S/C9H5Br2NOS3/c10-7-3-5(8(11)16-7)6(13)4-15-9-12-1-2-14-9/h1-3H,4H2. The summed E-state index contributed by atoms with van der Waals surface area (Å²) in [5.41, 5.74) is 0.737. The molecule has 0 atom stereocenters. The lowest BCUT2D eigenvalue weighted by Gasteiger charge is -1.96. The van der Waals surface area contributed by atoms with Gasteiger partial charge >= 0.3 is 0 Å². The minimum atomic E-state index is 0.119. The van der Waals surface area contributed by atoms with E-state index in [1.165, 1.54) is 23.1 Å². The van der Waals surface area contributed by atoms with Crippen LogP contribution in [-0.4, -0.2) is 16.5 Å². The van der Waals surface area contributed by atoms with E-state index in [1.54, 1.807) is 17.5 Å². The van der Waals surface area contributed by atoms with E-state index >= 15 is 0 Å². The molecule has 0 amide bonds. The summed E-state index contributed by atoms with van der Waals surface area (Å²) >= 11 is 11.3. The van der Waals surface area contributed by atoms with Gasteiger partial charge in [0.2, 0.25) is 0 Å². The highest BCUT2D eigenvalue weighted by Gasteiger charge is 2.14. The van der Waals surface area contributed by atoms with Crippen LogP contribution >= 0.6 is 66.3 Å². The lowest BCUT2D eigenvalue weighted by molar-refractivity contribution is 0.102. The van der Waals surface area contributed by atoms with Crippen LogP contribution in [0.25, 0.3) is 0 Å². The molecule has 0 aliphatic heterocycles. The third kappa shape index (κ3) is 3.16. The minimum absolute atomic E-state index is 0.119. The second-order valence-corrected chi connectivity index (χ2v) is 8.61. The Kier molecular flexibility index (Phi) is 4.60. The number of thioether (sulfide) groups is 1. The molecule has 0 aliphatic rings. The van der Waals surface area contributed by atoms with Crippen molar-refractivity contribution in [3.05, 3.63) is 30.8 Å². The Morgan fingerprint density at radius 3 is 2.88 bits per heavy atom. The van der Waals surface area contributed by atoms with Gasteiger partial charge in [0.15, 0.2) is 5.78 Å². The number of thiazole rings is 1. The molecule has 16 heavy (non-hydrogen) atoms. The zero-order valence-electron chi connectivity index (χ0n) is 7.78. The molecule has 0 saturated heterocycles. The summed E-state index contributed by atoms with van der Waals surface area (Å²) in [4.78, 5) is 16.0. The number of hydrogen-bond acceptors (Lipinski definition) is 5. The van der Waals surface area contributed by atoms with Gasteiger partial charge in [-0.25, -0.2) is 4.98 Å². The number of halogens is 2. The summed E-state index contributed by atoms with van der Waals surface area (Å²) in [6.45, 7) is 0. The van der Waals surface area contributed by atoms with Crippen LogP contribution in [-0.2, 0) is 0 Å². The van der Waals surface area contributed by atoms with Gasteiger partial charge in [-0.1, -0.05) is 11.8 Å². The zero-order valence-corrected chi connectivity index (χ0v) is 13.4. The third-order valence-corrected chi connectivity index (χ3v) is 6.00. The molecule has 0 bridgehead atoms. The number of ketones is 1. The SMILES string of the molecule is O=C(CSc1nccs1)c1cc(Br)sc1Br. The van der Waals surface area contributed by atoms with Gasteiger partial charge in [-0.2, -0.15) is 0 Å². The Bertz CT molecular complexity index is 495. The molecular formula is C9H5Br2NOS3. The summed E-state index contributed by atoms with van der Waals surface area (Å²) in [7, 11) is 0. The number of carbonyl (C=O) groups excluding carboxylic acids is 1. The van der Waals surface area contributed by atoms with E-state index in [0.717, 1.165) is 17.5 Å². The van der Waals surface area contributed by atoms with E-state index in [2.05, 4.69) is 36.8 Å². The average molecular weight is 399 g/mol. The molecule has 84 valence electrons. The molecule has 0 aliphatic carbocycles. The number of rotatable bonds is 4. The third-order valence-electron chi connectivity index (χ3n) is 1.69. The minimum Gasteiger partial charge on any atom is -0.293 e. The number of thiophene rings is 1. The molecule has 0 unspecified atom stereocenters. The van der Waals surface area contributed by atoms with Crippen molar-refractivity contribution in [1.82, 2.24) is 4.98 Å². The molecule has 2 heterocycles. The maximum Gasteiger partial charge on any atom is 0.175 e. The second-order valence-electron chi connectivity index (χ2n) is 2.75. The highest BCUT2D eigenvalue weighted by Crippen LogP contribution is 2.33. The van der Waals surface area contributed by atoms with Crippen LogP contribution < -0.4 is 0 Å². The van der Waals surface area contributed by atoms with Gasteiger partial charge in [-0.3, -0.25) is 4.79 Å². The lowest BCUT2D eigenvalue weighted by Crippen LogP contribution is -2.00. The first-order valence-electron chi connectivity index (χ1n) is 4.17. The Labute approximate surface area is 122 Å². The Hall–Kier alpha value is 0.310. The largest absolute Gasteiger partial charge is 0.293 e. The van der Waals surface area contributed by atoms with Crippen molar-refractivity contribution in [1.29, 1.82) is 0 Å². The first-order chi connectivity index (χ1) is 7.66. The molecule has 2 aromatic heterocycles. The van der Waals surface area contributed by atoms with Crippen molar-refractivity contribution in [2.75, 3.05) is 5.75 Å². The fourth-order valence-electron chi connectivity index (χ4n) is 1.02. The van der Waals surface area contributed by atoms with Crippen molar-refractivity contribution < 1.29 is 4.79 Å². The van der Waals surface area contributed by atoms with E-state index < -0.39 is 0 Å². The zero-order chi connectivity index (χ0) is 11.5. The molecule has 0 saturated carbocycles. The average Bonchev–Trinajstić information content (AvgIpc) is 2.84. The van der Waals surface area contributed by atoms with Crippen molar-refractivity contribution in [2.24, 2.45) is 0 Å². The molecule has 0 fully saturated rings. The molecule has 0 radical (unpaired) electrons. The highest BCUT2D eigenvalue weighted by molar-refractivity contribution is 9.12. The highest BCUT2D eigenvalue weighted by atomic mass is 79.9. The topological polar surface area (TPSA) is 30.0 Å². The van der Waals surface area contributed by atoms with Crippen LogP contribution in [0.1, 0.15) is 10.4 Å². The van der Waals surface area contributed by atoms with Crippen molar-refractivity contribution in [3.8, 4) is 0 Å². The quantitative estimate of drug-likeness (QED) is 0.552. The number of nitrogens with zero attached hydrogens (tertiary/aromatic N) is 1. The van der Waals surface area contributed by atoms with Gasteiger partial charge in [-0.05, 0) is 37.9 Å². The van der Waals surface area contributed by atoms with Gasteiger partial charge in [0.1, 0.15) is 4.34 Å². The molecular weight excluding hydrogens is 394 g/mol. The molecule has 0 aromatic carbocycles. The van der Waals surface area contributed by atoms with Crippen molar-refractivity contribution in [2.45, 2.75) is 4.34 Å². The van der Waals surface area contributed by atoms with Crippen LogP contribution in [0.4, 0.5) is 0 Å². The van der Waals surface area contributed by atoms with Crippen LogP contribution in [0, 0.1) is 0 Å². The second kappa shape index (κ2) is 5.77. The van der Waals surface area contributed by atoms with Gasteiger partial charge in [0.25, 0.3) is 0 Å². The van der Waals surface area contributed by atoms with E-state index in [1.807, 2.05) is 11.4 Å². The number of carbonyl (C=O) groups is 1. The predicted octanol–water partition coefficient (Wildman–Crippen LogP) is 4.70. The maximum absolute atomic E-state index is 11.9. The normalized spacial score (nSPS) is 10.6. The predicted molar refractivity (Wildman–Crippen MR) is 76.9 cm³/mol. The van der Waals surface area contributed by atoms with E-state index in [0.29, 0.717) is 5.75 Å². The monoisotopic (exact) mass is 397 g/mol. The summed E-state index contributed by atoms with van der Waals surface area (Å²) in [5.74, 6) is 0.545. The van der Waals surface area contributed by atoms with Crippen molar-refractivity contribution in [3.63, 3.8) is 0 Å². The molecule has 7 heteroatoms. The van der Waals surface area contributed by atoms with E-state index in [-0.39, 0.29) is 5.78 Å². The Morgan fingerprint density at radius 2 is 2.31 bits per heavy atom. The summed E-state index contributed by atoms with van der Waals surface area (Å²) in [6, 6.07) is 1.85. The Morgan fingerprint density at radius 1 is 1.50 bits per heavy atom. The summed E-state index contributed by atoms with van der Waals surface area (Å²) < 4.78 is 2.77. The number of aromatic nitrogens is 1. The molecule has 2 nitrogen and oxygen atoms in total. The molecule has 0 N–H and O–H groups in total. The summed E-state index contributed by atoms with van der Waals surface area (Å²) in [5, 5.41) is 1.91. The lowest BCUT2D eigenvalue weighted by atomic mass is 10.2. The summed E-state index contributed by atoms with van der Waals surface area (Å²) in [6.07, 6.45) is 1.74. The molecule has 0 spiro atoms. The van der Waals surface area contributed by atoms with E-state index in [4.69, 9.17) is 0 Å². The van der Waals surface area contributed by atoms with Gasteiger partial charge in [-0.15, -0.1) is 22.7 Å². The van der Waals surface area contributed by atoms with E-state index in [9.17, 15) is 4.79 Å². The van der Waals surface area contributed by atoms with Crippen LogP contribution in [0.3, 0.4) is 0 Å². The van der Waals surface area contributed by atoms with Gasteiger partial charge in [0.05, 0.1) is 13.3 Å². The first kappa shape index (κ1) is 12.8. The fraction of sp³-hybridized carbons (Fsp3) is 0.111. The molecule has 2 rings (SSSR count).